The molecule has 1 saturated carbocycles. The molecular formula is C13H16ClF2NO2S. The van der Waals surface area contributed by atoms with Gasteiger partial charge in [0.05, 0.1) is 5.88 Å². The van der Waals surface area contributed by atoms with Gasteiger partial charge < -0.3 is 0 Å². The lowest BCUT2D eigenvalue weighted by molar-refractivity contribution is 0.262. The first-order valence-electron chi connectivity index (χ1n) is 6.37. The second-order valence-corrected chi connectivity index (χ2v) is 7.33. The van der Waals surface area contributed by atoms with Crippen molar-refractivity contribution in [1.82, 2.24) is 4.31 Å². The standard InChI is InChI=1S/C13H16ClF2NO2S/c1-17(8-9-3-2-4-9)20(18,19)12-6-5-11(15)10(7-14)13(12)16/h5-6,9H,2-4,7-8H2,1H3. The van der Waals surface area contributed by atoms with E-state index in [1.165, 1.54) is 7.05 Å². The van der Waals surface area contributed by atoms with Crippen LogP contribution in [0.2, 0.25) is 0 Å². The predicted octanol–water partition coefficient (Wildman–Crippen LogP) is 3.12. The van der Waals surface area contributed by atoms with Crippen LogP contribution in [0.15, 0.2) is 17.0 Å². The minimum atomic E-state index is -3.96. The highest BCUT2D eigenvalue weighted by molar-refractivity contribution is 7.89. The van der Waals surface area contributed by atoms with E-state index in [1.807, 2.05) is 0 Å². The number of hydrogen-bond acceptors (Lipinski definition) is 2. The first kappa shape index (κ1) is 15.7. The van der Waals surface area contributed by atoms with Crippen molar-refractivity contribution in [3.63, 3.8) is 0 Å². The van der Waals surface area contributed by atoms with E-state index in [1.54, 1.807) is 0 Å². The SMILES string of the molecule is CN(CC1CCC1)S(=O)(=O)c1ccc(F)c(CCl)c1F. The Morgan fingerprint density at radius 1 is 1.35 bits per heavy atom. The van der Waals surface area contributed by atoms with E-state index in [2.05, 4.69) is 0 Å². The molecule has 0 aliphatic heterocycles. The third-order valence-corrected chi connectivity index (χ3v) is 5.82. The molecule has 0 heterocycles. The molecule has 0 amide bonds. The van der Waals surface area contributed by atoms with Crippen molar-refractivity contribution in [1.29, 1.82) is 0 Å². The van der Waals surface area contributed by atoms with Crippen LogP contribution in [0.4, 0.5) is 8.78 Å². The molecule has 0 radical (unpaired) electrons. The molecular weight excluding hydrogens is 308 g/mol. The number of benzene rings is 1. The summed E-state index contributed by atoms with van der Waals surface area (Å²) in [5.41, 5.74) is -0.412. The molecule has 0 saturated heterocycles. The van der Waals surface area contributed by atoms with Crippen LogP contribution >= 0.6 is 11.6 Å². The number of alkyl halides is 1. The van der Waals surface area contributed by atoms with Gasteiger partial charge in [-0.1, -0.05) is 6.42 Å². The molecule has 1 fully saturated rings. The van der Waals surface area contributed by atoms with Gasteiger partial charge in [-0.15, -0.1) is 11.6 Å². The van der Waals surface area contributed by atoms with Crippen LogP contribution in [0.5, 0.6) is 0 Å². The highest BCUT2D eigenvalue weighted by Gasteiger charge is 2.30. The lowest BCUT2D eigenvalue weighted by Crippen LogP contribution is -2.34. The van der Waals surface area contributed by atoms with Crippen LogP contribution < -0.4 is 0 Å². The minimum Gasteiger partial charge on any atom is -0.207 e. The smallest absolute Gasteiger partial charge is 0.207 e. The van der Waals surface area contributed by atoms with Crippen molar-refractivity contribution in [2.75, 3.05) is 13.6 Å². The average Bonchev–Trinajstić information content (AvgIpc) is 2.33. The lowest BCUT2D eigenvalue weighted by atomic mass is 9.86. The molecule has 1 aliphatic carbocycles. The summed E-state index contributed by atoms with van der Waals surface area (Å²) in [7, 11) is -2.54. The number of sulfonamides is 1. The largest absolute Gasteiger partial charge is 0.245 e. The second-order valence-electron chi connectivity index (χ2n) is 5.05. The highest BCUT2D eigenvalue weighted by Crippen LogP contribution is 2.30. The second kappa shape index (κ2) is 5.95. The van der Waals surface area contributed by atoms with Gasteiger partial charge in [0.15, 0.2) is 5.82 Å². The van der Waals surface area contributed by atoms with Gasteiger partial charge in [-0.2, -0.15) is 0 Å². The molecule has 112 valence electrons. The lowest BCUT2D eigenvalue weighted by Gasteiger charge is -2.29. The van der Waals surface area contributed by atoms with E-state index in [9.17, 15) is 17.2 Å². The van der Waals surface area contributed by atoms with Crippen LogP contribution in [-0.4, -0.2) is 26.3 Å². The normalized spacial score (nSPS) is 16.4. The quantitative estimate of drug-likeness (QED) is 0.781. The Kier molecular flexibility index (Phi) is 4.66. The molecule has 20 heavy (non-hydrogen) atoms. The number of halogens is 3. The minimum absolute atomic E-state index is 0.325. The van der Waals surface area contributed by atoms with Crippen LogP contribution in [0.25, 0.3) is 0 Å². The maximum Gasteiger partial charge on any atom is 0.245 e. The molecule has 2 rings (SSSR count). The van der Waals surface area contributed by atoms with Gasteiger partial charge in [-0.25, -0.2) is 21.5 Å². The molecule has 0 atom stereocenters. The van der Waals surface area contributed by atoms with Gasteiger partial charge in [0.25, 0.3) is 0 Å². The fraction of sp³-hybridized carbons (Fsp3) is 0.538. The van der Waals surface area contributed by atoms with Gasteiger partial charge in [0.1, 0.15) is 10.7 Å². The number of rotatable bonds is 5. The summed E-state index contributed by atoms with van der Waals surface area (Å²) in [5.74, 6) is -2.02. The van der Waals surface area contributed by atoms with Crippen molar-refractivity contribution in [3.05, 3.63) is 29.3 Å². The summed E-state index contributed by atoms with van der Waals surface area (Å²) >= 11 is 5.47. The molecule has 0 bridgehead atoms. The molecule has 1 aromatic carbocycles. The van der Waals surface area contributed by atoms with E-state index in [-0.39, 0.29) is 0 Å². The molecule has 7 heteroatoms. The first-order chi connectivity index (χ1) is 9.37. The zero-order valence-electron chi connectivity index (χ0n) is 11.1. The van der Waals surface area contributed by atoms with Crippen LogP contribution in [-0.2, 0) is 15.9 Å². The maximum absolute atomic E-state index is 14.1. The monoisotopic (exact) mass is 323 g/mol. The van der Waals surface area contributed by atoms with Crippen molar-refractivity contribution in [2.24, 2.45) is 5.92 Å². The van der Waals surface area contributed by atoms with Gasteiger partial charge in [-0.3, -0.25) is 0 Å². The Morgan fingerprint density at radius 3 is 2.50 bits per heavy atom. The fourth-order valence-electron chi connectivity index (χ4n) is 2.20. The first-order valence-corrected chi connectivity index (χ1v) is 8.34. The van der Waals surface area contributed by atoms with Gasteiger partial charge >= 0.3 is 0 Å². The van der Waals surface area contributed by atoms with E-state index < -0.39 is 38.0 Å². The molecule has 0 N–H and O–H groups in total. The summed E-state index contributed by atoms with van der Waals surface area (Å²) in [6.45, 7) is 0.357. The van der Waals surface area contributed by atoms with E-state index in [0.29, 0.717) is 12.5 Å². The predicted molar refractivity (Wildman–Crippen MR) is 73.1 cm³/mol. The topological polar surface area (TPSA) is 37.4 Å². The molecule has 1 aromatic rings. The van der Waals surface area contributed by atoms with Crippen molar-refractivity contribution < 1.29 is 17.2 Å². The number of hydrogen-bond donors (Lipinski definition) is 0. The van der Waals surface area contributed by atoms with Crippen LogP contribution in [0.3, 0.4) is 0 Å². The summed E-state index contributed by atoms with van der Waals surface area (Å²) in [6, 6.07) is 1.89. The Balaban J connectivity index is 2.33. The summed E-state index contributed by atoms with van der Waals surface area (Å²) in [4.78, 5) is -0.517. The van der Waals surface area contributed by atoms with Gasteiger partial charge in [0.2, 0.25) is 10.0 Å². The zero-order chi connectivity index (χ0) is 14.9. The van der Waals surface area contributed by atoms with Crippen molar-refractivity contribution in [3.8, 4) is 0 Å². The Morgan fingerprint density at radius 2 is 2.00 bits per heavy atom. The van der Waals surface area contributed by atoms with Crippen LogP contribution in [0, 0.1) is 17.6 Å². The number of nitrogens with zero attached hydrogens (tertiary/aromatic N) is 1. The molecule has 0 unspecified atom stereocenters. The van der Waals surface area contributed by atoms with E-state index in [4.69, 9.17) is 11.6 Å². The zero-order valence-corrected chi connectivity index (χ0v) is 12.6. The molecule has 1 aliphatic rings. The van der Waals surface area contributed by atoms with Crippen molar-refractivity contribution >= 4 is 21.6 Å². The summed E-state index contributed by atoms with van der Waals surface area (Å²) < 4.78 is 53.2. The molecule has 3 nitrogen and oxygen atoms in total. The molecule has 0 spiro atoms. The van der Waals surface area contributed by atoms with Gasteiger partial charge in [0, 0.05) is 19.2 Å². The van der Waals surface area contributed by atoms with Crippen molar-refractivity contribution in [2.45, 2.75) is 30.0 Å². The third-order valence-electron chi connectivity index (χ3n) is 3.71. The van der Waals surface area contributed by atoms with E-state index in [0.717, 1.165) is 35.7 Å². The highest BCUT2D eigenvalue weighted by atomic mass is 35.5. The van der Waals surface area contributed by atoms with Gasteiger partial charge in [-0.05, 0) is 30.9 Å². The van der Waals surface area contributed by atoms with E-state index >= 15 is 0 Å². The Bertz CT molecular complexity index is 603. The Hall–Kier alpha value is -0.720. The third kappa shape index (κ3) is 2.82. The molecule has 0 aromatic heterocycles. The summed E-state index contributed by atoms with van der Waals surface area (Å²) in [6.07, 6.45) is 3.07. The Labute approximate surface area is 122 Å². The van der Waals surface area contributed by atoms with Crippen LogP contribution in [0.1, 0.15) is 24.8 Å². The fourth-order valence-corrected chi connectivity index (χ4v) is 3.78. The average molecular weight is 324 g/mol. The summed E-state index contributed by atoms with van der Waals surface area (Å²) in [5, 5.41) is 0. The maximum atomic E-state index is 14.1.